The molecule has 0 saturated carbocycles. The van der Waals surface area contributed by atoms with Crippen molar-refractivity contribution in [2.24, 2.45) is 0 Å². The van der Waals surface area contributed by atoms with Gasteiger partial charge >= 0.3 is 5.97 Å². The number of aliphatic carboxylic acids is 1. The second-order valence-corrected chi connectivity index (χ2v) is 6.46. The van der Waals surface area contributed by atoms with E-state index in [9.17, 15) is 14.7 Å². The van der Waals surface area contributed by atoms with E-state index in [2.05, 4.69) is 10.3 Å². The molecule has 2 heterocycles. The van der Waals surface area contributed by atoms with Gasteiger partial charge in [0.1, 0.15) is 17.5 Å². The van der Waals surface area contributed by atoms with Crippen molar-refractivity contribution in [3.63, 3.8) is 0 Å². The average molecular weight is 362 g/mol. The van der Waals surface area contributed by atoms with Gasteiger partial charge in [0.2, 0.25) is 0 Å². The molecule has 3 N–H and O–H groups in total. The summed E-state index contributed by atoms with van der Waals surface area (Å²) in [5, 5.41) is 12.4. The summed E-state index contributed by atoms with van der Waals surface area (Å²) in [5.74, 6) is -0.829. The zero-order valence-corrected chi connectivity index (χ0v) is 14.6. The number of rotatable bonds is 4. The van der Waals surface area contributed by atoms with Gasteiger partial charge in [-0.1, -0.05) is 36.4 Å². The highest BCUT2D eigenvalue weighted by molar-refractivity contribution is 6.02. The number of para-hydroxylation sites is 2. The molecule has 2 aromatic carbocycles. The minimum absolute atomic E-state index is 0.381. The number of aromatic nitrogens is 1. The number of carboxylic acid groups (broad SMARTS) is 1. The van der Waals surface area contributed by atoms with E-state index in [4.69, 9.17) is 4.74 Å². The zero-order chi connectivity index (χ0) is 19.0. The van der Waals surface area contributed by atoms with Crippen LogP contribution in [0, 0.1) is 6.92 Å². The fourth-order valence-corrected chi connectivity index (χ4v) is 3.57. The summed E-state index contributed by atoms with van der Waals surface area (Å²) < 4.78 is 6.02. The van der Waals surface area contributed by atoms with Crippen LogP contribution < -0.4 is 10.1 Å². The molecule has 2 atom stereocenters. The maximum atomic E-state index is 12.4. The van der Waals surface area contributed by atoms with E-state index in [0.29, 0.717) is 33.9 Å². The van der Waals surface area contributed by atoms with Crippen LogP contribution in [0.3, 0.4) is 0 Å². The van der Waals surface area contributed by atoms with Gasteiger partial charge < -0.3 is 20.1 Å². The first-order valence-corrected chi connectivity index (χ1v) is 8.59. The molecule has 1 amide bonds. The number of carbonyl (C=O) groups is 2. The number of H-pyrrole nitrogens is 1. The zero-order valence-electron chi connectivity index (χ0n) is 14.6. The third kappa shape index (κ3) is 2.95. The standard InChI is InChI=1S/C21H18N2O4/c1-12-17-15(11-22-12)18(19(21(25)26)23-20(17)24)14-9-5-6-10-16(14)27-13-7-3-2-4-8-13/h2-11,18-19,22H,1H3,(H,23,24)(H,25,26). The maximum Gasteiger partial charge on any atom is 0.327 e. The SMILES string of the molecule is Cc1[nH]cc2c1C(=O)NC(C(=O)O)C2c1ccccc1Oc1ccccc1. The van der Waals surface area contributed by atoms with Crippen molar-refractivity contribution >= 4 is 11.9 Å². The second kappa shape index (κ2) is 6.64. The van der Waals surface area contributed by atoms with Gasteiger partial charge in [-0.25, -0.2) is 4.79 Å². The highest BCUT2D eigenvalue weighted by Crippen LogP contribution is 2.40. The first-order valence-electron chi connectivity index (χ1n) is 8.59. The summed E-state index contributed by atoms with van der Waals surface area (Å²) >= 11 is 0. The number of benzene rings is 2. The minimum atomic E-state index is -1.09. The van der Waals surface area contributed by atoms with E-state index < -0.39 is 17.9 Å². The normalized spacial score (nSPS) is 18.5. The first kappa shape index (κ1) is 16.9. The monoisotopic (exact) mass is 362 g/mol. The molecule has 0 radical (unpaired) electrons. The number of hydrogen-bond donors (Lipinski definition) is 3. The fourth-order valence-electron chi connectivity index (χ4n) is 3.57. The van der Waals surface area contributed by atoms with E-state index in [1.807, 2.05) is 48.5 Å². The van der Waals surface area contributed by atoms with Gasteiger partial charge in [-0.3, -0.25) is 4.79 Å². The molecule has 6 heteroatoms. The fraction of sp³-hybridized carbons (Fsp3) is 0.143. The van der Waals surface area contributed by atoms with Crippen LogP contribution in [0.5, 0.6) is 11.5 Å². The highest BCUT2D eigenvalue weighted by atomic mass is 16.5. The van der Waals surface area contributed by atoms with Crippen LogP contribution in [-0.2, 0) is 4.79 Å². The van der Waals surface area contributed by atoms with Gasteiger partial charge in [-0.15, -0.1) is 0 Å². The number of aromatic amines is 1. The molecule has 136 valence electrons. The predicted octanol–water partition coefficient (Wildman–Crippen LogP) is 3.44. The van der Waals surface area contributed by atoms with Crippen molar-refractivity contribution in [1.82, 2.24) is 10.3 Å². The Hall–Kier alpha value is -3.54. The Morgan fingerprint density at radius 1 is 1.04 bits per heavy atom. The molecule has 0 spiro atoms. The van der Waals surface area contributed by atoms with Crippen molar-refractivity contribution in [3.8, 4) is 11.5 Å². The van der Waals surface area contributed by atoms with Crippen LogP contribution in [0.1, 0.15) is 33.1 Å². The average Bonchev–Trinajstić information content (AvgIpc) is 3.05. The van der Waals surface area contributed by atoms with Gasteiger partial charge in [-0.2, -0.15) is 0 Å². The van der Waals surface area contributed by atoms with Gasteiger partial charge in [0.05, 0.1) is 5.56 Å². The molecular weight excluding hydrogens is 344 g/mol. The summed E-state index contributed by atoms with van der Waals surface area (Å²) in [5.41, 5.74) is 2.56. The highest BCUT2D eigenvalue weighted by Gasteiger charge is 2.41. The molecule has 2 unspecified atom stereocenters. The Kier molecular flexibility index (Phi) is 4.16. The number of ether oxygens (including phenoxy) is 1. The van der Waals surface area contributed by atoms with Crippen LogP contribution in [0.25, 0.3) is 0 Å². The summed E-state index contributed by atoms with van der Waals surface area (Å²) in [6, 6.07) is 15.5. The van der Waals surface area contributed by atoms with Crippen molar-refractivity contribution in [2.75, 3.05) is 0 Å². The lowest BCUT2D eigenvalue weighted by atomic mass is 9.80. The summed E-state index contributed by atoms with van der Waals surface area (Å²) in [4.78, 5) is 27.4. The summed E-state index contributed by atoms with van der Waals surface area (Å²) in [6.07, 6.45) is 1.71. The lowest BCUT2D eigenvalue weighted by molar-refractivity contribution is -0.139. The van der Waals surface area contributed by atoms with E-state index >= 15 is 0 Å². The number of hydrogen-bond acceptors (Lipinski definition) is 3. The smallest absolute Gasteiger partial charge is 0.327 e. The molecule has 6 nitrogen and oxygen atoms in total. The van der Waals surface area contributed by atoms with Crippen LogP contribution in [-0.4, -0.2) is 28.0 Å². The Morgan fingerprint density at radius 2 is 1.74 bits per heavy atom. The third-order valence-corrected chi connectivity index (χ3v) is 4.78. The molecule has 0 saturated heterocycles. The number of aryl methyl sites for hydroxylation is 1. The van der Waals surface area contributed by atoms with Gasteiger partial charge in [0, 0.05) is 23.4 Å². The summed E-state index contributed by atoms with van der Waals surface area (Å²) in [7, 11) is 0. The minimum Gasteiger partial charge on any atom is -0.480 e. The van der Waals surface area contributed by atoms with Crippen LogP contribution in [0.15, 0.2) is 60.8 Å². The van der Waals surface area contributed by atoms with Crippen LogP contribution in [0.2, 0.25) is 0 Å². The number of fused-ring (bicyclic) bond motifs is 1. The second-order valence-electron chi connectivity index (χ2n) is 6.46. The van der Waals surface area contributed by atoms with Crippen molar-refractivity contribution in [3.05, 3.63) is 83.2 Å². The molecule has 4 rings (SSSR count). The Balaban J connectivity index is 1.85. The molecule has 0 aliphatic carbocycles. The first-order chi connectivity index (χ1) is 13.1. The van der Waals surface area contributed by atoms with Crippen molar-refractivity contribution in [1.29, 1.82) is 0 Å². The summed E-state index contributed by atoms with van der Waals surface area (Å²) in [6.45, 7) is 1.79. The molecule has 1 aromatic heterocycles. The number of amides is 1. The van der Waals surface area contributed by atoms with Gasteiger partial charge in [0.25, 0.3) is 5.91 Å². The molecule has 3 aromatic rings. The Labute approximate surface area is 155 Å². The molecule has 0 bridgehead atoms. The Morgan fingerprint density at radius 3 is 2.48 bits per heavy atom. The molecule has 27 heavy (non-hydrogen) atoms. The quantitative estimate of drug-likeness (QED) is 0.663. The number of nitrogens with one attached hydrogen (secondary N) is 2. The largest absolute Gasteiger partial charge is 0.480 e. The topological polar surface area (TPSA) is 91.4 Å². The van der Waals surface area contributed by atoms with Crippen molar-refractivity contribution in [2.45, 2.75) is 18.9 Å². The van der Waals surface area contributed by atoms with Gasteiger partial charge in [0.15, 0.2) is 0 Å². The molecule has 1 aliphatic heterocycles. The van der Waals surface area contributed by atoms with E-state index in [1.165, 1.54) is 0 Å². The maximum absolute atomic E-state index is 12.4. The molecule has 1 aliphatic rings. The van der Waals surface area contributed by atoms with E-state index in [1.54, 1.807) is 19.2 Å². The lowest BCUT2D eigenvalue weighted by Crippen LogP contribution is -2.49. The van der Waals surface area contributed by atoms with Crippen LogP contribution in [0.4, 0.5) is 0 Å². The number of carboxylic acids is 1. The Bertz CT molecular complexity index is 1010. The van der Waals surface area contributed by atoms with Crippen molar-refractivity contribution < 1.29 is 19.4 Å². The molecular formula is C21H18N2O4. The third-order valence-electron chi connectivity index (χ3n) is 4.78. The lowest BCUT2D eigenvalue weighted by Gasteiger charge is -2.31. The van der Waals surface area contributed by atoms with Crippen LogP contribution >= 0.6 is 0 Å². The number of carbonyl (C=O) groups excluding carboxylic acids is 1. The van der Waals surface area contributed by atoms with E-state index in [0.717, 1.165) is 0 Å². The predicted molar refractivity (Wildman–Crippen MR) is 99.2 cm³/mol. The molecule has 0 fully saturated rings. The van der Waals surface area contributed by atoms with E-state index in [-0.39, 0.29) is 5.91 Å². The van der Waals surface area contributed by atoms with Gasteiger partial charge in [-0.05, 0) is 30.7 Å².